The van der Waals surface area contributed by atoms with Crippen LogP contribution in [0.5, 0.6) is 0 Å². The Hall–Kier alpha value is -0.910. The summed E-state index contributed by atoms with van der Waals surface area (Å²) in [6.45, 7) is 5.63. The van der Waals surface area contributed by atoms with Crippen molar-refractivity contribution in [3.05, 3.63) is 18.0 Å². The highest BCUT2D eigenvalue weighted by molar-refractivity contribution is 5.10. The molecule has 0 radical (unpaired) electrons. The molecule has 1 fully saturated rings. The minimum atomic E-state index is 0.0363. The summed E-state index contributed by atoms with van der Waals surface area (Å²) in [7, 11) is 1.91. The van der Waals surface area contributed by atoms with E-state index in [0.717, 1.165) is 31.9 Å². The molecule has 2 atom stereocenters. The number of nitrogens with zero attached hydrogens (tertiary/aromatic N) is 3. The van der Waals surface area contributed by atoms with Gasteiger partial charge in [0.05, 0.1) is 19.4 Å². The number of nitrogens with two attached hydrogens (primary N) is 1. The van der Waals surface area contributed by atoms with Crippen molar-refractivity contribution in [2.24, 2.45) is 12.8 Å². The fraction of sp³-hybridized carbons (Fsp3) is 0.727. The maximum absolute atomic E-state index is 6.17. The van der Waals surface area contributed by atoms with Gasteiger partial charge in [-0.25, -0.2) is 0 Å². The lowest BCUT2D eigenvalue weighted by Gasteiger charge is -2.34. The third-order valence-electron chi connectivity index (χ3n) is 3.09. The molecule has 1 aromatic rings. The highest BCUT2D eigenvalue weighted by Crippen LogP contribution is 2.14. The van der Waals surface area contributed by atoms with Crippen LogP contribution in [-0.2, 0) is 11.8 Å². The zero-order valence-corrected chi connectivity index (χ0v) is 9.97. The van der Waals surface area contributed by atoms with Gasteiger partial charge in [0.15, 0.2) is 0 Å². The molecule has 0 amide bonds. The van der Waals surface area contributed by atoms with Crippen LogP contribution in [0.4, 0.5) is 0 Å². The fourth-order valence-corrected chi connectivity index (χ4v) is 2.02. The van der Waals surface area contributed by atoms with Gasteiger partial charge in [0.25, 0.3) is 0 Å². The molecule has 0 saturated carbocycles. The number of ether oxygens (including phenoxy) is 1. The molecule has 1 aliphatic heterocycles. The molecule has 5 heteroatoms. The predicted octanol–water partition coefficient (Wildman–Crippen LogP) is 0.141. The minimum Gasteiger partial charge on any atom is -0.379 e. The van der Waals surface area contributed by atoms with Crippen molar-refractivity contribution in [2.45, 2.75) is 19.0 Å². The molecule has 0 spiro atoms. The Bertz CT molecular complexity index is 338. The zero-order valence-electron chi connectivity index (χ0n) is 9.97. The van der Waals surface area contributed by atoms with Crippen LogP contribution < -0.4 is 5.73 Å². The molecule has 90 valence electrons. The van der Waals surface area contributed by atoms with Crippen LogP contribution in [0.3, 0.4) is 0 Å². The van der Waals surface area contributed by atoms with Crippen LogP contribution in [0.2, 0.25) is 0 Å². The summed E-state index contributed by atoms with van der Waals surface area (Å²) in [6, 6.07) is 0.491. The second-order valence-corrected chi connectivity index (χ2v) is 4.47. The second kappa shape index (κ2) is 4.95. The SMILES string of the molecule is CC1COCCN1CC(N)c1cnn(C)c1. The van der Waals surface area contributed by atoms with E-state index in [1.54, 1.807) is 4.68 Å². The fourth-order valence-electron chi connectivity index (χ4n) is 2.02. The Morgan fingerprint density at radius 1 is 1.69 bits per heavy atom. The van der Waals surface area contributed by atoms with Gasteiger partial charge in [-0.2, -0.15) is 5.10 Å². The summed E-state index contributed by atoms with van der Waals surface area (Å²) in [6.07, 6.45) is 3.82. The predicted molar refractivity (Wildman–Crippen MR) is 62.0 cm³/mol. The first-order valence-corrected chi connectivity index (χ1v) is 5.72. The van der Waals surface area contributed by atoms with Gasteiger partial charge in [0.2, 0.25) is 0 Å². The Morgan fingerprint density at radius 2 is 2.50 bits per heavy atom. The highest BCUT2D eigenvalue weighted by Gasteiger charge is 2.21. The first kappa shape index (κ1) is 11.6. The van der Waals surface area contributed by atoms with Crippen molar-refractivity contribution < 1.29 is 4.74 Å². The monoisotopic (exact) mass is 224 g/mol. The van der Waals surface area contributed by atoms with E-state index in [1.165, 1.54) is 0 Å². The Kier molecular flexibility index (Phi) is 3.58. The van der Waals surface area contributed by atoms with Crippen LogP contribution in [0.25, 0.3) is 0 Å². The molecule has 1 aliphatic rings. The van der Waals surface area contributed by atoms with Gasteiger partial charge < -0.3 is 10.5 Å². The molecular weight excluding hydrogens is 204 g/mol. The van der Waals surface area contributed by atoms with E-state index in [1.807, 2.05) is 19.4 Å². The van der Waals surface area contributed by atoms with E-state index in [9.17, 15) is 0 Å². The van der Waals surface area contributed by atoms with Crippen molar-refractivity contribution in [1.82, 2.24) is 14.7 Å². The van der Waals surface area contributed by atoms with Gasteiger partial charge in [-0.05, 0) is 6.92 Å². The molecule has 2 unspecified atom stereocenters. The lowest BCUT2D eigenvalue weighted by molar-refractivity contribution is -0.00281. The van der Waals surface area contributed by atoms with E-state index in [-0.39, 0.29) is 6.04 Å². The van der Waals surface area contributed by atoms with E-state index in [0.29, 0.717) is 6.04 Å². The largest absolute Gasteiger partial charge is 0.379 e. The summed E-state index contributed by atoms with van der Waals surface area (Å²) in [5.74, 6) is 0. The maximum atomic E-state index is 6.17. The topological polar surface area (TPSA) is 56.3 Å². The normalized spacial score (nSPS) is 24.6. The number of hydrogen-bond acceptors (Lipinski definition) is 4. The molecule has 0 bridgehead atoms. The molecule has 1 saturated heterocycles. The van der Waals surface area contributed by atoms with Crippen molar-refractivity contribution >= 4 is 0 Å². The zero-order chi connectivity index (χ0) is 11.5. The Morgan fingerprint density at radius 3 is 3.12 bits per heavy atom. The van der Waals surface area contributed by atoms with E-state index < -0.39 is 0 Å². The summed E-state index contributed by atoms with van der Waals surface area (Å²) < 4.78 is 7.19. The average Bonchev–Trinajstić information content (AvgIpc) is 2.68. The quantitative estimate of drug-likeness (QED) is 0.793. The smallest absolute Gasteiger partial charge is 0.0619 e. The molecule has 2 rings (SSSR count). The van der Waals surface area contributed by atoms with Gasteiger partial charge in [0, 0.05) is 44.0 Å². The summed E-state index contributed by atoms with van der Waals surface area (Å²) in [5, 5.41) is 4.14. The van der Waals surface area contributed by atoms with Crippen LogP contribution >= 0.6 is 0 Å². The lowest BCUT2D eigenvalue weighted by atomic mass is 10.1. The molecule has 5 nitrogen and oxygen atoms in total. The van der Waals surface area contributed by atoms with Crippen molar-refractivity contribution in [3.8, 4) is 0 Å². The van der Waals surface area contributed by atoms with Crippen LogP contribution in [0, 0.1) is 0 Å². The molecule has 2 N–H and O–H groups in total. The molecule has 1 aromatic heterocycles. The van der Waals surface area contributed by atoms with Gasteiger partial charge in [0.1, 0.15) is 0 Å². The second-order valence-electron chi connectivity index (χ2n) is 4.47. The van der Waals surface area contributed by atoms with E-state index in [4.69, 9.17) is 10.5 Å². The van der Waals surface area contributed by atoms with E-state index >= 15 is 0 Å². The summed E-state index contributed by atoms with van der Waals surface area (Å²) in [5.41, 5.74) is 7.26. The first-order chi connectivity index (χ1) is 7.66. The van der Waals surface area contributed by atoms with E-state index in [2.05, 4.69) is 16.9 Å². The number of morpholine rings is 1. The Labute approximate surface area is 96.2 Å². The van der Waals surface area contributed by atoms with Crippen LogP contribution in [-0.4, -0.2) is 47.0 Å². The Balaban J connectivity index is 1.93. The lowest BCUT2D eigenvalue weighted by Crippen LogP contribution is -2.46. The standard InChI is InChI=1S/C11H20N4O/c1-9-8-16-4-3-15(9)7-11(12)10-5-13-14(2)6-10/h5-6,9,11H,3-4,7-8,12H2,1-2H3. The summed E-state index contributed by atoms with van der Waals surface area (Å²) >= 11 is 0. The number of rotatable bonds is 3. The molecular formula is C11H20N4O. The van der Waals surface area contributed by atoms with Gasteiger partial charge in [-0.3, -0.25) is 9.58 Å². The highest BCUT2D eigenvalue weighted by atomic mass is 16.5. The number of hydrogen-bond donors (Lipinski definition) is 1. The minimum absolute atomic E-state index is 0.0363. The average molecular weight is 224 g/mol. The number of aryl methyl sites for hydroxylation is 1. The van der Waals surface area contributed by atoms with Crippen LogP contribution in [0.1, 0.15) is 18.5 Å². The van der Waals surface area contributed by atoms with Gasteiger partial charge >= 0.3 is 0 Å². The third-order valence-corrected chi connectivity index (χ3v) is 3.09. The molecule has 0 aromatic carbocycles. The van der Waals surface area contributed by atoms with Crippen molar-refractivity contribution in [3.63, 3.8) is 0 Å². The molecule has 2 heterocycles. The van der Waals surface area contributed by atoms with Crippen LogP contribution in [0.15, 0.2) is 12.4 Å². The van der Waals surface area contributed by atoms with Crippen molar-refractivity contribution in [1.29, 1.82) is 0 Å². The maximum Gasteiger partial charge on any atom is 0.0619 e. The third kappa shape index (κ3) is 2.61. The van der Waals surface area contributed by atoms with Gasteiger partial charge in [-0.1, -0.05) is 0 Å². The molecule has 0 aliphatic carbocycles. The van der Waals surface area contributed by atoms with Gasteiger partial charge in [-0.15, -0.1) is 0 Å². The molecule has 16 heavy (non-hydrogen) atoms. The van der Waals surface area contributed by atoms with Crippen molar-refractivity contribution in [2.75, 3.05) is 26.3 Å². The first-order valence-electron chi connectivity index (χ1n) is 5.72. The summed E-state index contributed by atoms with van der Waals surface area (Å²) in [4.78, 5) is 2.38. The number of aromatic nitrogens is 2.